The van der Waals surface area contributed by atoms with Crippen molar-refractivity contribution in [1.82, 2.24) is 19.7 Å². The molecule has 4 aromatic rings. The molecule has 152 valence electrons. The molecular formula is C21H18ClN5O2S. The van der Waals surface area contributed by atoms with Gasteiger partial charge in [-0.15, -0.1) is 0 Å². The average Bonchev–Trinajstić information content (AvgIpc) is 3.18. The number of aromatic nitrogens is 4. The Morgan fingerprint density at radius 1 is 1.20 bits per heavy atom. The topological polar surface area (TPSA) is 83.9 Å². The van der Waals surface area contributed by atoms with Crippen molar-refractivity contribution in [1.29, 1.82) is 0 Å². The Morgan fingerprint density at radius 3 is 2.70 bits per heavy atom. The number of fused-ring (bicyclic) bond motifs is 1. The molecule has 0 fully saturated rings. The Morgan fingerprint density at radius 2 is 1.97 bits per heavy atom. The highest BCUT2D eigenvalue weighted by molar-refractivity contribution is 8.00. The summed E-state index contributed by atoms with van der Waals surface area (Å²) in [4.78, 5) is 34.2. The number of carbonyl (C=O) groups excluding carboxylic acids is 1. The molecule has 4 rings (SSSR count). The van der Waals surface area contributed by atoms with Gasteiger partial charge in [0, 0.05) is 17.8 Å². The predicted octanol–water partition coefficient (Wildman–Crippen LogP) is 3.91. The van der Waals surface area contributed by atoms with E-state index in [0.717, 1.165) is 5.69 Å². The van der Waals surface area contributed by atoms with Gasteiger partial charge in [-0.2, -0.15) is 5.10 Å². The third kappa shape index (κ3) is 3.96. The number of thioether (sulfide) groups is 1. The third-order valence-corrected chi connectivity index (χ3v) is 5.79. The number of hydrogen-bond donors (Lipinski definition) is 1. The van der Waals surface area contributed by atoms with E-state index in [1.54, 1.807) is 41.8 Å². The molecule has 2 aromatic heterocycles. The molecule has 1 amide bonds. The molecule has 0 saturated heterocycles. The number of nitrogens with one attached hydrogen (secondary N) is 1. The fourth-order valence-electron chi connectivity index (χ4n) is 3.02. The van der Waals surface area contributed by atoms with Crippen molar-refractivity contribution in [3.05, 3.63) is 76.2 Å². The molecule has 0 radical (unpaired) electrons. The van der Waals surface area contributed by atoms with E-state index in [1.165, 1.54) is 18.0 Å². The lowest BCUT2D eigenvalue weighted by atomic mass is 10.3. The lowest BCUT2D eigenvalue weighted by molar-refractivity contribution is -0.117. The van der Waals surface area contributed by atoms with Crippen LogP contribution in [-0.4, -0.2) is 38.0 Å². The summed E-state index contributed by atoms with van der Waals surface area (Å²) in [6, 6.07) is 16.5. The fraction of sp³-hybridized carbons (Fsp3) is 0.143. The van der Waals surface area contributed by atoms with Crippen LogP contribution in [-0.2, 0) is 4.79 Å². The Balaban J connectivity index is 1.64. The predicted molar refractivity (Wildman–Crippen MR) is 120 cm³/mol. The van der Waals surface area contributed by atoms with Gasteiger partial charge in [-0.1, -0.05) is 47.6 Å². The smallest absolute Gasteiger partial charge is 0.262 e. The van der Waals surface area contributed by atoms with Gasteiger partial charge in [-0.05, 0) is 37.3 Å². The summed E-state index contributed by atoms with van der Waals surface area (Å²) in [6.07, 6.45) is 1.47. The second kappa shape index (κ2) is 8.33. The molecule has 7 nitrogen and oxygen atoms in total. The van der Waals surface area contributed by atoms with E-state index in [0.29, 0.717) is 26.9 Å². The second-order valence-electron chi connectivity index (χ2n) is 6.64. The second-order valence-corrected chi connectivity index (χ2v) is 8.40. The number of hydrogen-bond acceptors (Lipinski definition) is 5. The summed E-state index contributed by atoms with van der Waals surface area (Å²) in [5.74, 6) is -0.0997. The normalized spacial score (nSPS) is 12.1. The zero-order valence-corrected chi connectivity index (χ0v) is 17.8. The molecular weight excluding hydrogens is 422 g/mol. The van der Waals surface area contributed by atoms with Gasteiger partial charge < -0.3 is 9.88 Å². The number of amides is 1. The van der Waals surface area contributed by atoms with E-state index in [2.05, 4.69) is 15.1 Å². The fourth-order valence-corrected chi connectivity index (χ4v) is 4.09. The van der Waals surface area contributed by atoms with Crippen molar-refractivity contribution in [3.63, 3.8) is 0 Å². The van der Waals surface area contributed by atoms with Gasteiger partial charge in [0.05, 0.1) is 17.1 Å². The van der Waals surface area contributed by atoms with Crippen LogP contribution in [0.25, 0.3) is 16.7 Å². The van der Waals surface area contributed by atoms with Crippen molar-refractivity contribution in [2.75, 3.05) is 11.9 Å². The molecule has 0 saturated carbocycles. The van der Waals surface area contributed by atoms with Gasteiger partial charge in [0.1, 0.15) is 5.39 Å². The van der Waals surface area contributed by atoms with Gasteiger partial charge in [0.15, 0.2) is 10.8 Å². The summed E-state index contributed by atoms with van der Waals surface area (Å²) in [5, 5.41) is 5.08. The summed E-state index contributed by atoms with van der Waals surface area (Å²) in [6.45, 7) is 1.78. The van der Waals surface area contributed by atoms with Crippen LogP contribution in [0.4, 0.5) is 5.69 Å². The zero-order chi connectivity index (χ0) is 21.3. The first kappa shape index (κ1) is 20.2. The molecule has 1 N–H and O–H groups in total. The van der Waals surface area contributed by atoms with E-state index in [9.17, 15) is 9.59 Å². The number of nitrogens with zero attached hydrogens (tertiary/aromatic N) is 4. The molecule has 0 spiro atoms. The first-order valence-electron chi connectivity index (χ1n) is 9.17. The van der Waals surface area contributed by atoms with Crippen LogP contribution in [0.15, 0.2) is 70.7 Å². The molecule has 30 heavy (non-hydrogen) atoms. The molecule has 2 heterocycles. The number of benzene rings is 2. The lowest BCUT2D eigenvalue weighted by Crippen LogP contribution is -2.33. The van der Waals surface area contributed by atoms with Crippen molar-refractivity contribution >= 4 is 46.0 Å². The highest BCUT2D eigenvalue weighted by Gasteiger charge is 2.22. The Kier molecular flexibility index (Phi) is 5.61. The van der Waals surface area contributed by atoms with Crippen LogP contribution in [0.3, 0.4) is 0 Å². The van der Waals surface area contributed by atoms with Crippen molar-refractivity contribution < 1.29 is 4.79 Å². The number of rotatable bonds is 5. The number of anilines is 1. The largest absolute Gasteiger partial charge is 0.315 e. The summed E-state index contributed by atoms with van der Waals surface area (Å²) < 4.78 is 1.56. The van der Waals surface area contributed by atoms with Crippen LogP contribution in [0, 0.1) is 0 Å². The zero-order valence-electron chi connectivity index (χ0n) is 16.2. The first-order chi connectivity index (χ1) is 14.4. The molecule has 2 aromatic carbocycles. The van der Waals surface area contributed by atoms with Crippen LogP contribution in [0.2, 0.25) is 5.02 Å². The minimum Gasteiger partial charge on any atom is -0.315 e. The minimum atomic E-state index is -0.460. The van der Waals surface area contributed by atoms with E-state index < -0.39 is 5.25 Å². The maximum Gasteiger partial charge on any atom is 0.262 e. The number of aromatic amines is 1. The Hall–Kier alpha value is -3.10. The molecule has 1 unspecified atom stereocenters. The summed E-state index contributed by atoms with van der Waals surface area (Å²) >= 11 is 7.27. The maximum atomic E-state index is 12.8. The number of H-pyrrole nitrogens is 1. The molecule has 9 heteroatoms. The molecule has 0 aliphatic heterocycles. The molecule has 0 aliphatic rings. The van der Waals surface area contributed by atoms with E-state index in [-0.39, 0.29) is 11.5 Å². The highest BCUT2D eigenvalue weighted by Crippen LogP contribution is 2.24. The number of para-hydroxylation sites is 1. The summed E-state index contributed by atoms with van der Waals surface area (Å²) in [5.41, 5.74) is 1.58. The van der Waals surface area contributed by atoms with Crippen LogP contribution in [0.5, 0.6) is 0 Å². The Labute approximate surface area is 181 Å². The van der Waals surface area contributed by atoms with Crippen molar-refractivity contribution in [2.24, 2.45) is 0 Å². The minimum absolute atomic E-state index is 0.0997. The van der Waals surface area contributed by atoms with Gasteiger partial charge in [0.2, 0.25) is 5.91 Å². The van der Waals surface area contributed by atoms with E-state index >= 15 is 0 Å². The third-order valence-electron chi connectivity index (χ3n) is 4.58. The molecule has 0 aliphatic carbocycles. The number of carbonyl (C=O) groups is 1. The first-order valence-corrected chi connectivity index (χ1v) is 10.4. The lowest BCUT2D eigenvalue weighted by Gasteiger charge is -2.20. The van der Waals surface area contributed by atoms with Crippen LogP contribution < -0.4 is 10.5 Å². The average molecular weight is 440 g/mol. The SMILES string of the molecule is CC(Sc1nc2c(cnn2-c2cccc(Cl)c2)c(=O)[nH]1)C(=O)N(C)c1ccccc1. The highest BCUT2D eigenvalue weighted by atomic mass is 35.5. The van der Waals surface area contributed by atoms with Crippen LogP contribution >= 0.6 is 23.4 Å². The monoisotopic (exact) mass is 439 g/mol. The van der Waals surface area contributed by atoms with Gasteiger partial charge >= 0.3 is 0 Å². The van der Waals surface area contributed by atoms with Gasteiger partial charge in [0.25, 0.3) is 5.56 Å². The van der Waals surface area contributed by atoms with Gasteiger partial charge in [-0.25, -0.2) is 9.67 Å². The number of halogens is 1. The maximum absolute atomic E-state index is 12.8. The summed E-state index contributed by atoms with van der Waals surface area (Å²) in [7, 11) is 1.72. The van der Waals surface area contributed by atoms with Crippen molar-refractivity contribution in [3.8, 4) is 5.69 Å². The van der Waals surface area contributed by atoms with Gasteiger partial charge in [-0.3, -0.25) is 9.59 Å². The van der Waals surface area contributed by atoms with E-state index in [4.69, 9.17) is 11.6 Å². The Bertz CT molecular complexity index is 1270. The quantitative estimate of drug-likeness (QED) is 0.376. The van der Waals surface area contributed by atoms with Crippen LogP contribution in [0.1, 0.15) is 6.92 Å². The molecule has 1 atom stereocenters. The standard InChI is InChI=1S/C21H18ClN5O2S/c1-13(20(29)26(2)15-8-4-3-5-9-15)30-21-24-18-17(19(28)25-21)12-23-27(18)16-10-6-7-14(22)11-16/h3-13H,1-2H3,(H,24,25,28). The molecule has 0 bridgehead atoms. The van der Waals surface area contributed by atoms with Crippen molar-refractivity contribution in [2.45, 2.75) is 17.3 Å². The van der Waals surface area contributed by atoms with E-state index in [1.807, 2.05) is 36.4 Å².